The Morgan fingerprint density at radius 1 is 0.970 bits per heavy atom. The third kappa shape index (κ3) is 5.85. The molecule has 0 spiro atoms. The number of carbonyl (C=O) groups excluding carboxylic acids is 2. The van der Waals surface area contributed by atoms with Crippen LogP contribution in [0.1, 0.15) is 34.7 Å². The molecular formula is C25H28N4O4. The Morgan fingerprint density at radius 3 is 2.48 bits per heavy atom. The standard InChI is InChI=1S/C25H28N4O4/c1-28(17-19-9-5-6-12-22(19)29-15-7-8-16-29)25(31)27-26-24(30)23-14-13-21(33-23)18-32-20-10-3-2-4-11-20/h2-6,9-14H,7-8,15-18H2,1H3,(H,26,30)(H,27,31). The SMILES string of the molecule is CN(Cc1ccccc1N1CCCC1)C(=O)NNC(=O)c1ccc(COc2ccccc2)o1. The summed E-state index contributed by atoms with van der Waals surface area (Å²) in [6.07, 6.45) is 2.37. The predicted octanol–water partition coefficient (Wildman–Crippen LogP) is 3.95. The number of urea groups is 1. The second-order valence-electron chi connectivity index (χ2n) is 7.93. The molecule has 1 saturated heterocycles. The minimum absolute atomic E-state index is 0.0870. The van der Waals surface area contributed by atoms with E-state index in [9.17, 15) is 9.59 Å². The summed E-state index contributed by atoms with van der Waals surface area (Å²) in [6, 6.07) is 20.2. The lowest BCUT2D eigenvalue weighted by atomic mass is 10.1. The highest BCUT2D eigenvalue weighted by atomic mass is 16.5. The van der Waals surface area contributed by atoms with Crippen LogP contribution in [0.3, 0.4) is 0 Å². The van der Waals surface area contributed by atoms with Gasteiger partial charge in [0.15, 0.2) is 5.76 Å². The van der Waals surface area contributed by atoms with E-state index in [-0.39, 0.29) is 12.4 Å². The molecule has 0 radical (unpaired) electrons. The van der Waals surface area contributed by atoms with Crippen molar-refractivity contribution in [2.45, 2.75) is 26.0 Å². The zero-order valence-electron chi connectivity index (χ0n) is 18.6. The number of para-hydroxylation sites is 2. The van der Waals surface area contributed by atoms with E-state index in [0.717, 1.165) is 24.3 Å². The van der Waals surface area contributed by atoms with Gasteiger partial charge in [-0.2, -0.15) is 0 Å². The van der Waals surface area contributed by atoms with Crippen LogP contribution in [0.4, 0.5) is 10.5 Å². The number of nitrogens with one attached hydrogen (secondary N) is 2. The third-order valence-electron chi connectivity index (χ3n) is 5.49. The lowest BCUT2D eigenvalue weighted by Crippen LogP contribution is -2.47. The number of benzene rings is 2. The fraction of sp³-hybridized carbons (Fsp3) is 0.280. The van der Waals surface area contributed by atoms with E-state index < -0.39 is 11.9 Å². The molecule has 0 saturated carbocycles. The van der Waals surface area contributed by atoms with Crippen molar-refractivity contribution in [3.05, 3.63) is 83.8 Å². The maximum Gasteiger partial charge on any atom is 0.336 e. The van der Waals surface area contributed by atoms with Gasteiger partial charge in [-0.3, -0.25) is 10.2 Å². The topological polar surface area (TPSA) is 87.1 Å². The predicted molar refractivity (Wildman–Crippen MR) is 125 cm³/mol. The number of rotatable bonds is 7. The van der Waals surface area contributed by atoms with Gasteiger partial charge in [0, 0.05) is 32.4 Å². The Morgan fingerprint density at radius 2 is 1.70 bits per heavy atom. The van der Waals surface area contributed by atoms with Crippen LogP contribution in [0.25, 0.3) is 0 Å². The number of anilines is 1. The number of furan rings is 1. The van der Waals surface area contributed by atoms with Crippen LogP contribution in [0.5, 0.6) is 5.75 Å². The van der Waals surface area contributed by atoms with Gasteiger partial charge in [0.05, 0.1) is 0 Å². The summed E-state index contributed by atoms with van der Waals surface area (Å²) < 4.78 is 11.1. The van der Waals surface area contributed by atoms with Crippen LogP contribution in [-0.4, -0.2) is 37.0 Å². The molecule has 1 aliphatic heterocycles. The molecule has 3 aromatic rings. The number of hydrazine groups is 1. The van der Waals surface area contributed by atoms with E-state index in [1.807, 2.05) is 48.5 Å². The van der Waals surface area contributed by atoms with Gasteiger partial charge in [0.1, 0.15) is 18.1 Å². The van der Waals surface area contributed by atoms with E-state index in [4.69, 9.17) is 9.15 Å². The fourth-order valence-electron chi connectivity index (χ4n) is 3.75. The maximum atomic E-state index is 12.5. The van der Waals surface area contributed by atoms with Crippen LogP contribution in [0, 0.1) is 0 Å². The highest BCUT2D eigenvalue weighted by molar-refractivity contribution is 5.92. The largest absolute Gasteiger partial charge is 0.486 e. The first-order valence-corrected chi connectivity index (χ1v) is 11.0. The first-order chi connectivity index (χ1) is 16.1. The Labute approximate surface area is 193 Å². The number of amides is 3. The minimum Gasteiger partial charge on any atom is -0.486 e. The monoisotopic (exact) mass is 448 g/mol. The number of nitrogens with zero attached hydrogens (tertiary/aromatic N) is 2. The molecule has 3 amide bonds. The molecule has 2 N–H and O–H groups in total. The molecule has 1 fully saturated rings. The average molecular weight is 449 g/mol. The minimum atomic E-state index is -0.542. The van der Waals surface area contributed by atoms with Crippen LogP contribution < -0.4 is 20.5 Å². The quantitative estimate of drug-likeness (QED) is 0.535. The van der Waals surface area contributed by atoms with Crippen molar-refractivity contribution in [2.75, 3.05) is 25.0 Å². The van der Waals surface area contributed by atoms with Crippen LogP contribution in [0.2, 0.25) is 0 Å². The molecular weight excluding hydrogens is 420 g/mol. The van der Waals surface area contributed by atoms with Crippen LogP contribution in [0.15, 0.2) is 71.1 Å². The Bertz CT molecular complexity index is 1080. The summed E-state index contributed by atoms with van der Waals surface area (Å²) in [7, 11) is 1.69. The zero-order chi connectivity index (χ0) is 23.0. The third-order valence-corrected chi connectivity index (χ3v) is 5.49. The first-order valence-electron chi connectivity index (χ1n) is 11.0. The van der Waals surface area contributed by atoms with Crippen molar-refractivity contribution in [3.8, 4) is 5.75 Å². The van der Waals surface area contributed by atoms with E-state index in [1.54, 1.807) is 19.2 Å². The lowest BCUT2D eigenvalue weighted by molar-refractivity contribution is 0.0899. The van der Waals surface area contributed by atoms with E-state index in [0.29, 0.717) is 18.1 Å². The number of ether oxygens (including phenoxy) is 1. The molecule has 172 valence electrons. The van der Waals surface area contributed by atoms with Gasteiger partial charge in [0.25, 0.3) is 0 Å². The van der Waals surface area contributed by atoms with Gasteiger partial charge in [-0.1, -0.05) is 36.4 Å². The molecule has 0 bridgehead atoms. The summed E-state index contributed by atoms with van der Waals surface area (Å²) in [4.78, 5) is 28.7. The fourth-order valence-corrected chi connectivity index (χ4v) is 3.75. The van der Waals surface area contributed by atoms with Crippen molar-refractivity contribution < 1.29 is 18.7 Å². The number of hydrogen-bond acceptors (Lipinski definition) is 5. The normalized spacial score (nSPS) is 12.9. The smallest absolute Gasteiger partial charge is 0.336 e. The molecule has 4 rings (SSSR count). The summed E-state index contributed by atoms with van der Waals surface area (Å²) in [6.45, 7) is 2.69. The van der Waals surface area contributed by atoms with Crippen molar-refractivity contribution in [1.82, 2.24) is 15.8 Å². The first kappa shape index (κ1) is 22.3. The number of hydrogen-bond donors (Lipinski definition) is 2. The van der Waals surface area contributed by atoms with Crippen LogP contribution in [-0.2, 0) is 13.2 Å². The molecule has 33 heavy (non-hydrogen) atoms. The summed E-state index contributed by atoms with van der Waals surface area (Å²) in [5.74, 6) is 0.761. The molecule has 8 nitrogen and oxygen atoms in total. The molecule has 0 unspecified atom stereocenters. The molecule has 8 heteroatoms. The van der Waals surface area contributed by atoms with Gasteiger partial charge in [-0.25, -0.2) is 10.2 Å². The Balaban J connectivity index is 1.26. The molecule has 1 aliphatic rings. The summed E-state index contributed by atoms with van der Waals surface area (Å²) in [5, 5.41) is 0. The molecule has 1 aromatic heterocycles. The maximum absolute atomic E-state index is 12.5. The van der Waals surface area contributed by atoms with Crippen molar-refractivity contribution in [2.24, 2.45) is 0 Å². The summed E-state index contributed by atoms with van der Waals surface area (Å²) >= 11 is 0. The Hall–Kier alpha value is -3.94. The molecule has 0 atom stereocenters. The molecule has 0 aliphatic carbocycles. The second-order valence-corrected chi connectivity index (χ2v) is 7.93. The van der Waals surface area contributed by atoms with E-state index in [2.05, 4.69) is 21.8 Å². The zero-order valence-corrected chi connectivity index (χ0v) is 18.6. The second kappa shape index (κ2) is 10.6. The highest BCUT2D eigenvalue weighted by Gasteiger charge is 2.18. The highest BCUT2D eigenvalue weighted by Crippen LogP contribution is 2.25. The van der Waals surface area contributed by atoms with E-state index >= 15 is 0 Å². The van der Waals surface area contributed by atoms with Crippen molar-refractivity contribution >= 4 is 17.6 Å². The van der Waals surface area contributed by atoms with Crippen molar-refractivity contribution in [1.29, 1.82) is 0 Å². The van der Waals surface area contributed by atoms with Gasteiger partial charge in [-0.15, -0.1) is 0 Å². The molecule has 2 heterocycles. The van der Waals surface area contributed by atoms with Gasteiger partial charge in [0.2, 0.25) is 0 Å². The number of carbonyl (C=O) groups is 2. The van der Waals surface area contributed by atoms with Crippen molar-refractivity contribution in [3.63, 3.8) is 0 Å². The molecule has 2 aromatic carbocycles. The van der Waals surface area contributed by atoms with Gasteiger partial charge in [-0.05, 0) is 48.7 Å². The average Bonchev–Trinajstić information content (AvgIpc) is 3.54. The summed E-state index contributed by atoms with van der Waals surface area (Å²) in [5.41, 5.74) is 7.06. The Kier molecular flexibility index (Phi) is 7.14. The van der Waals surface area contributed by atoms with E-state index in [1.165, 1.54) is 17.7 Å². The van der Waals surface area contributed by atoms with Crippen LogP contribution >= 0.6 is 0 Å². The lowest BCUT2D eigenvalue weighted by Gasteiger charge is -2.24. The van der Waals surface area contributed by atoms with Gasteiger partial charge < -0.3 is 19.0 Å². The van der Waals surface area contributed by atoms with Gasteiger partial charge >= 0.3 is 11.9 Å².